The van der Waals surface area contributed by atoms with Crippen LogP contribution in [-0.4, -0.2) is 0 Å². The molecule has 4 aromatic carbocycles. The van der Waals surface area contributed by atoms with Crippen LogP contribution in [0.5, 0.6) is 0 Å². The molecule has 0 fully saturated rings. The Morgan fingerprint density at radius 3 is 0.900 bits per heavy atom. The number of unbranched alkanes of at least 4 members (excludes halogenated alkanes) is 15. The van der Waals surface area contributed by atoms with Crippen molar-refractivity contribution < 1.29 is 0 Å². The van der Waals surface area contributed by atoms with E-state index in [0.717, 1.165) is 37.1 Å². The third-order valence-corrected chi connectivity index (χ3v) is 10.7. The molecule has 0 bridgehead atoms. The molecule has 4 N–H and O–H groups in total. The number of aryl methyl sites for hydroxylation is 4. The van der Waals surface area contributed by atoms with Gasteiger partial charge in [0.25, 0.3) is 0 Å². The van der Waals surface area contributed by atoms with E-state index in [9.17, 15) is 0 Å². The van der Waals surface area contributed by atoms with Gasteiger partial charge in [-0.3, -0.25) is 0 Å². The largest absolute Gasteiger partial charge is 0.399 e. The second kappa shape index (κ2) is 23.0. The molecule has 0 atom stereocenters. The lowest BCUT2D eigenvalue weighted by atomic mass is 9.96. The Kier molecular flexibility index (Phi) is 18.1. The van der Waals surface area contributed by atoms with Crippen LogP contribution in [-0.2, 0) is 38.5 Å². The summed E-state index contributed by atoms with van der Waals surface area (Å²) in [5.74, 6) is 0. The molecule has 50 heavy (non-hydrogen) atoms. The van der Waals surface area contributed by atoms with Crippen molar-refractivity contribution >= 4 is 11.4 Å². The van der Waals surface area contributed by atoms with Crippen LogP contribution in [0.2, 0.25) is 0 Å². The minimum Gasteiger partial charge on any atom is -0.399 e. The monoisotopic (exact) mass is 673 g/mol. The summed E-state index contributed by atoms with van der Waals surface area (Å²) < 4.78 is 0. The number of rotatable bonds is 25. The Labute approximate surface area is 306 Å². The molecule has 0 aliphatic rings. The van der Waals surface area contributed by atoms with Gasteiger partial charge in [-0.2, -0.15) is 0 Å². The van der Waals surface area contributed by atoms with Crippen LogP contribution in [0.3, 0.4) is 0 Å². The molecular weight excluding hydrogens is 605 g/mol. The smallest absolute Gasteiger partial charge is 0.0316 e. The first-order chi connectivity index (χ1) is 24.5. The average molecular weight is 673 g/mol. The molecule has 0 aromatic heterocycles. The summed E-state index contributed by atoms with van der Waals surface area (Å²) in [5, 5.41) is 0. The van der Waals surface area contributed by atoms with Crippen molar-refractivity contribution in [3.05, 3.63) is 129 Å². The maximum Gasteiger partial charge on any atom is 0.0316 e. The zero-order valence-electron chi connectivity index (χ0n) is 31.8. The van der Waals surface area contributed by atoms with Crippen LogP contribution in [0.15, 0.2) is 84.9 Å². The summed E-state index contributed by atoms with van der Waals surface area (Å²) in [7, 11) is 0. The SMILES string of the molecule is CCc1cc(N)ccc1Cc1ccc(CCCCCCCCCCCCCCCCCCc2ccc(Cc3ccc(N)cc3CC)cc2)cc1. The van der Waals surface area contributed by atoms with Gasteiger partial charge >= 0.3 is 0 Å². The van der Waals surface area contributed by atoms with Gasteiger partial charge in [0.05, 0.1) is 0 Å². The predicted molar refractivity (Wildman–Crippen MR) is 220 cm³/mol. The second-order valence-corrected chi connectivity index (χ2v) is 14.9. The Morgan fingerprint density at radius 2 is 0.600 bits per heavy atom. The predicted octanol–water partition coefficient (Wildman–Crippen LogP) is 13.2. The lowest BCUT2D eigenvalue weighted by Gasteiger charge is -2.10. The first-order valence-corrected chi connectivity index (χ1v) is 20.4. The van der Waals surface area contributed by atoms with Crippen LogP contribution in [0.25, 0.3) is 0 Å². The Bertz CT molecular complexity index is 1370. The van der Waals surface area contributed by atoms with Crippen molar-refractivity contribution in [2.45, 2.75) is 155 Å². The quantitative estimate of drug-likeness (QED) is 0.0544. The average Bonchev–Trinajstić information content (AvgIpc) is 3.13. The van der Waals surface area contributed by atoms with Gasteiger partial charge < -0.3 is 11.5 Å². The fourth-order valence-corrected chi connectivity index (χ4v) is 7.52. The van der Waals surface area contributed by atoms with Crippen LogP contribution in [0, 0.1) is 0 Å². The van der Waals surface area contributed by atoms with E-state index in [0.29, 0.717) is 0 Å². The van der Waals surface area contributed by atoms with Gasteiger partial charge in [-0.1, -0.05) is 164 Å². The summed E-state index contributed by atoms with van der Waals surface area (Å²) >= 11 is 0. The molecule has 4 rings (SSSR count). The maximum atomic E-state index is 5.98. The number of benzene rings is 4. The molecule has 0 aliphatic heterocycles. The van der Waals surface area contributed by atoms with E-state index in [-0.39, 0.29) is 0 Å². The van der Waals surface area contributed by atoms with Crippen molar-refractivity contribution in [2.24, 2.45) is 0 Å². The molecule has 0 aliphatic carbocycles. The molecular formula is C48H68N2. The van der Waals surface area contributed by atoms with Crippen molar-refractivity contribution in [3.8, 4) is 0 Å². The fourth-order valence-electron chi connectivity index (χ4n) is 7.52. The summed E-state index contributed by atoms with van der Waals surface area (Å²) in [6.45, 7) is 4.42. The van der Waals surface area contributed by atoms with Gasteiger partial charge in [-0.25, -0.2) is 0 Å². The number of hydrogen-bond donors (Lipinski definition) is 2. The van der Waals surface area contributed by atoms with Crippen LogP contribution >= 0.6 is 0 Å². The zero-order chi connectivity index (χ0) is 35.2. The Hall–Kier alpha value is -3.52. The topological polar surface area (TPSA) is 52.0 Å². The lowest BCUT2D eigenvalue weighted by molar-refractivity contribution is 0.528. The van der Waals surface area contributed by atoms with Crippen molar-refractivity contribution in [1.82, 2.24) is 0 Å². The van der Waals surface area contributed by atoms with Gasteiger partial charge in [0.15, 0.2) is 0 Å². The third-order valence-electron chi connectivity index (χ3n) is 10.7. The van der Waals surface area contributed by atoms with E-state index >= 15 is 0 Å². The molecule has 4 aromatic rings. The molecule has 0 spiro atoms. The first-order valence-electron chi connectivity index (χ1n) is 20.4. The van der Waals surface area contributed by atoms with Gasteiger partial charge in [0, 0.05) is 11.4 Å². The summed E-state index contributed by atoms with van der Waals surface area (Å²) in [5.41, 5.74) is 25.0. The van der Waals surface area contributed by atoms with Crippen molar-refractivity contribution in [2.75, 3.05) is 11.5 Å². The summed E-state index contributed by atoms with van der Waals surface area (Å²) in [4.78, 5) is 0. The lowest BCUT2D eigenvalue weighted by Crippen LogP contribution is -1.97. The molecule has 0 unspecified atom stereocenters. The van der Waals surface area contributed by atoms with E-state index in [1.165, 1.54) is 160 Å². The third kappa shape index (κ3) is 14.8. The van der Waals surface area contributed by atoms with E-state index in [2.05, 4.69) is 86.6 Å². The molecule has 2 heteroatoms. The van der Waals surface area contributed by atoms with Gasteiger partial charge in [0.2, 0.25) is 0 Å². The van der Waals surface area contributed by atoms with Crippen LogP contribution in [0.1, 0.15) is 161 Å². The zero-order valence-corrected chi connectivity index (χ0v) is 31.8. The van der Waals surface area contributed by atoms with Gasteiger partial charge in [-0.05, 0) is 120 Å². The van der Waals surface area contributed by atoms with Crippen molar-refractivity contribution in [1.29, 1.82) is 0 Å². The first kappa shape index (κ1) is 39.3. The van der Waals surface area contributed by atoms with Gasteiger partial charge in [-0.15, -0.1) is 0 Å². The molecule has 0 amide bonds. The van der Waals surface area contributed by atoms with Gasteiger partial charge in [0.1, 0.15) is 0 Å². The van der Waals surface area contributed by atoms with E-state index < -0.39 is 0 Å². The highest BCUT2D eigenvalue weighted by molar-refractivity contribution is 5.47. The highest BCUT2D eigenvalue weighted by atomic mass is 14.5. The normalized spacial score (nSPS) is 11.3. The standard InChI is InChI=1S/C48H68N2/c1-3-43-37-47(49)33-31-45(43)35-41-27-23-39(24-28-41)21-19-17-15-13-11-9-7-5-6-8-10-12-14-16-18-20-22-40-25-29-42(30-26-40)36-46-32-34-48(50)38-44(46)4-2/h23-34,37-38H,3-22,35-36,49-50H2,1-2H3. The van der Waals surface area contributed by atoms with E-state index in [1.54, 1.807) is 0 Å². The summed E-state index contributed by atoms with van der Waals surface area (Å²) in [6, 6.07) is 31.3. The summed E-state index contributed by atoms with van der Waals surface area (Å²) in [6.07, 6.45) is 28.9. The molecule has 270 valence electrons. The van der Waals surface area contributed by atoms with Crippen molar-refractivity contribution in [3.63, 3.8) is 0 Å². The van der Waals surface area contributed by atoms with E-state index in [1.807, 2.05) is 12.1 Å². The highest BCUT2D eigenvalue weighted by Crippen LogP contribution is 2.21. The number of anilines is 2. The second-order valence-electron chi connectivity index (χ2n) is 14.9. The molecule has 0 heterocycles. The molecule has 2 nitrogen and oxygen atoms in total. The number of nitrogen functional groups attached to an aromatic ring is 2. The van der Waals surface area contributed by atoms with E-state index in [4.69, 9.17) is 11.5 Å². The number of nitrogens with two attached hydrogens (primary N) is 2. The Morgan fingerprint density at radius 1 is 0.320 bits per heavy atom. The molecule has 0 radical (unpaired) electrons. The molecule has 0 saturated carbocycles. The van der Waals surface area contributed by atoms with Crippen LogP contribution < -0.4 is 11.5 Å². The van der Waals surface area contributed by atoms with Crippen LogP contribution in [0.4, 0.5) is 11.4 Å². The minimum absolute atomic E-state index is 0.867. The minimum atomic E-state index is 0.867. The highest BCUT2D eigenvalue weighted by Gasteiger charge is 2.06. The number of hydrogen-bond acceptors (Lipinski definition) is 2. The molecule has 0 saturated heterocycles. The Balaban J connectivity index is 0.903. The maximum absolute atomic E-state index is 5.98. The fraction of sp³-hybridized carbons (Fsp3) is 0.500.